The van der Waals surface area contributed by atoms with Gasteiger partial charge >= 0.3 is 6.09 Å². The molecule has 0 saturated heterocycles. The van der Waals surface area contributed by atoms with Gasteiger partial charge < -0.3 is 4.74 Å². The summed E-state index contributed by atoms with van der Waals surface area (Å²) in [5.41, 5.74) is 1.31. The second kappa shape index (κ2) is 4.39. The van der Waals surface area contributed by atoms with Gasteiger partial charge in [0.2, 0.25) is 0 Å². The summed E-state index contributed by atoms with van der Waals surface area (Å²) >= 11 is 3.50. The van der Waals surface area contributed by atoms with Crippen LogP contribution in [-0.2, 0) is 4.74 Å². The molecule has 0 aliphatic rings. The Bertz CT molecular complexity index is 611. The molecule has 1 heterocycles. The van der Waals surface area contributed by atoms with E-state index in [0.29, 0.717) is 0 Å². The number of halogens is 1. The first-order chi connectivity index (χ1) is 8.29. The van der Waals surface area contributed by atoms with Gasteiger partial charge in [0.05, 0.1) is 11.7 Å². The highest BCUT2D eigenvalue weighted by molar-refractivity contribution is 9.10. The third-order valence-corrected chi connectivity index (χ3v) is 3.50. The Morgan fingerprint density at radius 1 is 1.39 bits per heavy atom. The zero-order valence-electron chi connectivity index (χ0n) is 10.8. The monoisotopic (exact) mass is 310 g/mol. The first kappa shape index (κ1) is 13.1. The van der Waals surface area contributed by atoms with Crippen LogP contribution in [-0.4, -0.2) is 21.5 Å². The molecule has 2 rings (SSSR count). The molecule has 0 aliphatic heterocycles. The van der Waals surface area contributed by atoms with Crippen LogP contribution in [0.1, 0.15) is 26.3 Å². The fourth-order valence-electron chi connectivity index (χ4n) is 1.63. The minimum atomic E-state index is -0.530. The van der Waals surface area contributed by atoms with E-state index in [9.17, 15) is 4.79 Å². The highest BCUT2D eigenvalue weighted by atomic mass is 79.9. The maximum absolute atomic E-state index is 12.0. The van der Waals surface area contributed by atoms with Crippen LogP contribution < -0.4 is 0 Å². The van der Waals surface area contributed by atoms with Crippen molar-refractivity contribution in [2.75, 3.05) is 0 Å². The van der Waals surface area contributed by atoms with Gasteiger partial charge in [-0.25, -0.2) is 4.79 Å². The van der Waals surface area contributed by atoms with E-state index in [1.165, 1.54) is 4.68 Å². The van der Waals surface area contributed by atoms with E-state index in [2.05, 4.69) is 21.0 Å². The smallest absolute Gasteiger partial charge is 0.435 e. The van der Waals surface area contributed by atoms with Crippen molar-refractivity contribution >= 4 is 32.9 Å². The highest BCUT2D eigenvalue weighted by Gasteiger charge is 2.20. The van der Waals surface area contributed by atoms with E-state index in [-0.39, 0.29) is 0 Å². The summed E-state index contributed by atoms with van der Waals surface area (Å²) in [5, 5.41) is 5.00. The normalized spacial score (nSPS) is 11.8. The maximum atomic E-state index is 12.0. The molecular formula is C13H15BrN2O2. The number of carbonyl (C=O) groups excluding carboxylic acids is 1. The van der Waals surface area contributed by atoms with E-state index in [4.69, 9.17) is 4.74 Å². The Hall–Kier alpha value is -1.36. The number of rotatable bonds is 0. The summed E-state index contributed by atoms with van der Waals surface area (Å²) in [7, 11) is 0. The lowest BCUT2D eigenvalue weighted by Gasteiger charge is -2.19. The lowest BCUT2D eigenvalue weighted by Crippen LogP contribution is -2.27. The predicted octanol–water partition coefficient (Wildman–Crippen LogP) is 3.89. The molecular weight excluding hydrogens is 296 g/mol. The maximum Gasteiger partial charge on any atom is 0.435 e. The van der Waals surface area contributed by atoms with Gasteiger partial charge in [0.1, 0.15) is 5.60 Å². The van der Waals surface area contributed by atoms with Crippen LogP contribution in [0, 0.1) is 6.92 Å². The van der Waals surface area contributed by atoms with E-state index < -0.39 is 11.7 Å². The minimum Gasteiger partial charge on any atom is -0.442 e. The van der Waals surface area contributed by atoms with Gasteiger partial charge in [-0.05, 0) is 55.3 Å². The fourth-order valence-corrected chi connectivity index (χ4v) is 2.07. The number of fused-ring (bicyclic) bond motifs is 1. The third kappa shape index (κ3) is 2.41. The second-order valence-electron chi connectivity index (χ2n) is 5.17. The number of aryl methyl sites for hydroxylation is 1. The van der Waals surface area contributed by atoms with Gasteiger partial charge in [-0.1, -0.05) is 6.07 Å². The summed E-state index contributed by atoms with van der Waals surface area (Å²) in [6, 6.07) is 3.81. The van der Waals surface area contributed by atoms with Gasteiger partial charge in [-0.15, -0.1) is 0 Å². The molecule has 0 amide bonds. The number of aromatic nitrogens is 2. The summed E-state index contributed by atoms with van der Waals surface area (Å²) in [4.78, 5) is 12.0. The average Bonchev–Trinajstić information content (AvgIpc) is 2.65. The van der Waals surface area contributed by atoms with Crippen molar-refractivity contribution in [3.05, 3.63) is 28.4 Å². The number of benzene rings is 1. The molecule has 0 saturated carbocycles. The standard InChI is InChI=1S/C13H15BrN2O2/c1-8-5-6-10-9(11(8)14)7-15-16(10)12(17)18-13(2,3)4/h5-7H,1-4H3. The molecule has 0 fully saturated rings. The SMILES string of the molecule is Cc1ccc2c(cnn2C(=O)OC(C)(C)C)c1Br. The van der Waals surface area contributed by atoms with Gasteiger partial charge in [-0.3, -0.25) is 0 Å². The summed E-state index contributed by atoms with van der Waals surface area (Å²) in [6.07, 6.45) is 1.20. The lowest BCUT2D eigenvalue weighted by molar-refractivity contribution is 0.0523. The zero-order valence-corrected chi connectivity index (χ0v) is 12.4. The molecule has 0 atom stereocenters. The predicted molar refractivity (Wildman–Crippen MR) is 73.8 cm³/mol. The largest absolute Gasteiger partial charge is 0.442 e. The average molecular weight is 311 g/mol. The zero-order chi connectivity index (χ0) is 13.5. The topological polar surface area (TPSA) is 44.1 Å². The first-order valence-electron chi connectivity index (χ1n) is 5.66. The van der Waals surface area contributed by atoms with Crippen LogP contribution in [0.4, 0.5) is 4.79 Å². The van der Waals surface area contributed by atoms with Crippen LogP contribution in [0.25, 0.3) is 10.9 Å². The van der Waals surface area contributed by atoms with Crippen LogP contribution in [0.15, 0.2) is 22.8 Å². The van der Waals surface area contributed by atoms with Crippen LogP contribution in [0.5, 0.6) is 0 Å². The van der Waals surface area contributed by atoms with Crippen molar-refractivity contribution in [1.82, 2.24) is 9.78 Å². The minimum absolute atomic E-state index is 0.465. The molecule has 0 spiro atoms. The van der Waals surface area contributed by atoms with Crippen LogP contribution in [0.3, 0.4) is 0 Å². The summed E-state index contributed by atoms with van der Waals surface area (Å²) < 4.78 is 7.54. The number of ether oxygens (including phenoxy) is 1. The molecule has 0 radical (unpaired) electrons. The molecule has 0 bridgehead atoms. The third-order valence-electron chi connectivity index (χ3n) is 2.45. The molecule has 4 nitrogen and oxygen atoms in total. The molecule has 18 heavy (non-hydrogen) atoms. The van der Waals surface area contributed by atoms with Crippen molar-refractivity contribution in [1.29, 1.82) is 0 Å². The number of nitrogens with zero attached hydrogens (tertiary/aromatic N) is 2. The highest BCUT2D eigenvalue weighted by Crippen LogP contribution is 2.27. The number of carbonyl (C=O) groups is 1. The van der Waals surface area contributed by atoms with Gasteiger partial charge in [0.25, 0.3) is 0 Å². The van der Waals surface area contributed by atoms with Crippen molar-refractivity contribution in [2.24, 2.45) is 0 Å². The van der Waals surface area contributed by atoms with Crippen molar-refractivity contribution in [2.45, 2.75) is 33.3 Å². The quantitative estimate of drug-likeness (QED) is 0.741. The van der Waals surface area contributed by atoms with Crippen molar-refractivity contribution in [3.8, 4) is 0 Å². The molecule has 1 aromatic carbocycles. The molecule has 0 N–H and O–H groups in total. The van der Waals surface area contributed by atoms with E-state index in [1.54, 1.807) is 6.20 Å². The van der Waals surface area contributed by atoms with Gasteiger partial charge in [0.15, 0.2) is 0 Å². The lowest BCUT2D eigenvalue weighted by atomic mass is 10.2. The first-order valence-corrected chi connectivity index (χ1v) is 6.45. The second-order valence-corrected chi connectivity index (χ2v) is 5.96. The molecule has 1 aromatic heterocycles. The van der Waals surface area contributed by atoms with Crippen LogP contribution >= 0.6 is 15.9 Å². The van der Waals surface area contributed by atoms with Crippen LogP contribution in [0.2, 0.25) is 0 Å². The van der Waals surface area contributed by atoms with E-state index in [1.807, 2.05) is 39.8 Å². The van der Waals surface area contributed by atoms with E-state index >= 15 is 0 Å². The Morgan fingerprint density at radius 2 is 2.06 bits per heavy atom. The van der Waals surface area contributed by atoms with Gasteiger partial charge in [0, 0.05) is 9.86 Å². The Morgan fingerprint density at radius 3 is 2.67 bits per heavy atom. The Kier molecular flexibility index (Phi) is 3.19. The van der Waals surface area contributed by atoms with Crippen molar-refractivity contribution < 1.29 is 9.53 Å². The Labute approximate surface area is 114 Å². The fraction of sp³-hybridized carbons (Fsp3) is 0.385. The number of hydrogen-bond donors (Lipinski definition) is 0. The van der Waals surface area contributed by atoms with E-state index in [0.717, 1.165) is 20.9 Å². The Balaban J connectivity index is 2.48. The molecule has 0 unspecified atom stereocenters. The van der Waals surface area contributed by atoms with Crippen molar-refractivity contribution in [3.63, 3.8) is 0 Å². The molecule has 5 heteroatoms. The molecule has 2 aromatic rings. The summed E-state index contributed by atoms with van der Waals surface area (Å²) in [6.45, 7) is 7.48. The molecule has 96 valence electrons. The summed E-state index contributed by atoms with van der Waals surface area (Å²) in [5.74, 6) is 0. The van der Waals surface area contributed by atoms with Gasteiger partial charge in [-0.2, -0.15) is 9.78 Å². The number of hydrogen-bond acceptors (Lipinski definition) is 3. The molecule has 0 aliphatic carbocycles.